The molecule has 11 nitrogen and oxygen atoms in total. The van der Waals surface area contributed by atoms with Gasteiger partial charge in [0.25, 0.3) is 6.23 Å². The largest absolute Gasteiger partial charge is 0.508 e. The first-order valence-electron chi connectivity index (χ1n) is 23.3. The molecule has 4 aliphatic carbocycles. The van der Waals surface area contributed by atoms with Gasteiger partial charge in [-0.05, 0) is 89.8 Å². The Kier molecular flexibility index (Phi) is 10.5. The van der Waals surface area contributed by atoms with Gasteiger partial charge in [-0.1, -0.05) is 79.9 Å². The number of aliphatic hydroxyl groups is 3. The van der Waals surface area contributed by atoms with E-state index < -0.39 is 41.8 Å². The highest BCUT2D eigenvalue weighted by Crippen LogP contribution is 2.50. The number of allylic oxidation sites excluding steroid dienone is 3. The van der Waals surface area contributed by atoms with Gasteiger partial charge in [-0.25, -0.2) is 0 Å². The van der Waals surface area contributed by atoms with Crippen molar-refractivity contribution in [1.29, 1.82) is 0 Å². The van der Waals surface area contributed by atoms with E-state index in [9.17, 15) is 25.2 Å². The SMILES string of the molecule is NC1NCC2C=CC3C4=CN=C5C[NH+](C=C45)C4Oc5cc(CCC(=O)CC(O)C6C=CC(C7CCCC7)CC6O)c(O)cc5OC#CC5(CCCC5)C4C#CC(O)c4ccc1c2c43. The molecular formula is C52H57N4O7+. The molecule has 11 atom stereocenters. The van der Waals surface area contributed by atoms with Crippen molar-refractivity contribution in [3.63, 3.8) is 0 Å². The fourth-order valence-electron chi connectivity index (χ4n) is 12.5. The number of aliphatic hydroxyl groups excluding tert-OH is 3. The maximum absolute atomic E-state index is 13.4. The van der Waals surface area contributed by atoms with Crippen LogP contribution in [0.4, 0.5) is 0 Å². The van der Waals surface area contributed by atoms with Gasteiger partial charge in [0, 0.05) is 49.4 Å². The van der Waals surface area contributed by atoms with Crippen LogP contribution < -0.4 is 25.4 Å². The molecule has 0 saturated heterocycles. The molecule has 9 aliphatic rings. The van der Waals surface area contributed by atoms with Gasteiger partial charge in [0.1, 0.15) is 48.1 Å². The molecule has 11 unspecified atom stereocenters. The van der Waals surface area contributed by atoms with Crippen molar-refractivity contribution < 1.29 is 39.6 Å². The van der Waals surface area contributed by atoms with Crippen LogP contribution in [0.25, 0.3) is 0 Å². The molecule has 0 radical (unpaired) electrons. The lowest BCUT2D eigenvalue weighted by Gasteiger charge is -2.38. The molecule has 1 spiro atoms. The molecule has 2 saturated carbocycles. The standard InChI is InChI=1S/C52H56N4O7/c53-50-37-14-13-36-42(58)16-15-40-51(56-27-39-38(26-54-41(39)28-56)34-11-9-32(25-55-50)48(37)49(34)36)63-47-22-31(43(59)24-46(47)62-20-19-52(40)17-3-4-18-52)7-10-33(57)23-45(61)35-12-8-30(21-44(35)60)29-5-1-2-6-29/h8-9,11-14,22,24,26-27,29-30,32,34-35,40,42,44-45,50-51,55,58-61H,1-7,10,17-18,21,23,25,28,53H2/p+1. The summed E-state index contributed by atoms with van der Waals surface area (Å²) >= 11 is 0. The summed E-state index contributed by atoms with van der Waals surface area (Å²) in [7, 11) is 0. The average Bonchev–Trinajstić information content (AvgIpc) is 4.11. The first-order chi connectivity index (χ1) is 30.6. The van der Waals surface area contributed by atoms with Crippen molar-refractivity contribution in [2.75, 3.05) is 13.1 Å². The molecule has 0 amide bonds. The lowest BCUT2D eigenvalue weighted by atomic mass is 9.71. The van der Waals surface area contributed by atoms with Crippen LogP contribution in [0.3, 0.4) is 0 Å². The highest BCUT2D eigenvalue weighted by atomic mass is 16.5. The highest BCUT2D eigenvalue weighted by Gasteiger charge is 2.52. The van der Waals surface area contributed by atoms with Crippen LogP contribution >= 0.6 is 0 Å². The van der Waals surface area contributed by atoms with Gasteiger partial charge in [-0.3, -0.25) is 20.0 Å². The Labute approximate surface area is 368 Å². The van der Waals surface area contributed by atoms with Crippen molar-refractivity contribution in [2.45, 2.75) is 120 Å². The number of rotatable bonds is 7. The van der Waals surface area contributed by atoms with Gasteiger partial charge >= 0.3 is 0 Å². The smallest absolute Gasteiger partial charge is 0.252 e. The summed E-state index contributed by atoms with van der Waals surface area (Å²) in [5.41, 5.74) is 13.7. The molecule has 2 aromatic carbocycles. The van der Waals surface area contributed by atoms with Crippen molar-refractivity contribution in [2.24, 2.45) is 39.8 Å². The minimum absolute atomic E-state index is 0.0428. The Bertz CT molecular complexity index is 2500. The number of carbonyl (C=O) groups is 1. The number of nitrogens with one attached hydrogen (secondary N) is 2. The first-order valence-corrected chi connectivity index (χ1v) is 23.3. The zero-order valence-electron chi connectivity index (χ0n) is 35.6. The van der Waals surface area contributed by atoms with E-state index >= 15 is 0 Å². The van der Waals surface area contributed by atoms with Gasteiger partial charge in [-0.2, -0.15) is 0 Å². The minimum Gasteiger partial charge on any atom is -0.508 e. The molecule has 11 rings (SSSR count). The molecule has 2 aromatic rings. The fraction of sp³-hybridized carbons (Fsp3) is 0.500. The maximum Gasteiger partial charge on any atom is 0.252 e. The van der Waals surface area contributed by atoms with Gasteiger partial charge in [0.05, 0.1) is 29.4 Å². The van der Waals surface area contributed by atoms with Crippen LogP contribution in [0.2, 0.25) is 0 Å². The van der Waals surface area contributed by atoms with E-state index in [1.54, 1.807) is 6.07 Å². The van der Waals surface area contributed by atoms with Crippen LogP contribution in [0.15, 0.2) is 77.1 Å². The second-order valence-corrected chi connectivity index (χ2v) is 19.5. The van der Waals surface area contributed by atoms with Crippen molar-refractivity contribution in [3.05, 3.63) is 99.9 Å². The van der Waals surface area contributed by atoms with E-state index in [-0.39, 0.29) is 54.5 Å². The molecule has 326 valence electrons. The number of nitrogens with two attached hydrogens (primary N) is 1. The molecule has 0 aromatic heterocycles. The number of hydrogen-bond acceptors (Lipinski definition) is 10. The second-order valence-electron chi connectivity index (χ2n) is 19.5. The number of hydrogen-bond donors (Lipinski definition) is 7. The molecular weight excluding hydrogens is 793 g/mol. The Balaban J connectivity index is 0.907. The van der Waals surface area contributed by atoms with Crippen LogP contribution in [-0.4, -0.2) is 63.4 Å². The third-order valence-corrected chi connectivity index (χ3v) is 15.9. The third kappa shape index (κ3) is 7.18. The zero-order chi connectivity index (χ0) is 43.0. The molecule has 5 aliphatic heterocycles. The summed E-state index contributed by atoms with van der Waals surface area (Å²) in [5, 5.41) is 49.1. The third-order valence-electron chi connectivity index (χ3n) is 15.9. The Morgan fingerprint density at radius 3 is 2.67 bits per heavy atom. The lowest BCUT2D eigenvalue weighted by Crippen LogP contribution is -3.13. The zero-order valence-corrected chi connectivity index (χ0v) is 35.6. The number of aromatic hydroxyl groups is 1. The van der Waals surface area contributed by atoms with Crippen LogP contribution in [0.1, 0.15) is 123 Å². The maximum atomic E-state index is 13.4. The molecule has 11 heteroatoms. The number of nitrogens with zero attached hydrogens (tertiary/aromatic N) is 1. The Hall–Kier alpha value is -4.98. The van der Waals surface area contributed by atoms with Gasteiger partial charge in [0.2, 0.25) is 0 Å². The van der Waals surface area contributed by atoms with Gasteiger partial charge in [0.15, 0.2) is 11.5 Å². The first kappa shape index (κ1) is 40.8. The minimum atomic E-state index is -1.08. The molecule has 5 heterocycles. The number of aryl methyl sites for hydroxylation is 1. The summed E-state index contributed by atoms with van der Waals surface area (Å²) in [6, 6.07) is 7.27. The monoisotopic (exact) mass is 849 g/mol. The lowest BCUT2D eigenvalue weighted by molar-refractivity contribution is -0.888. The summed E-state index contributed by atoms with van der Waals surface area (Å²) in [5.74, 6) is 10.8. The second kappa shape index (κ2) is 16.2. The van der Waals surface area contributed by atoms with E-state index in [4.69, 9.17) is 20.2 Å². The number of benzene rings is 2. The Morgan fingerprint density at radius 2 is 1.84 bits per heavy atom. The number of aliphatic imine (C=N–C) groups is 1. The summed E-state index contributed by atoms with van der Waals surface area (Å²) in [6.07, 6.45) is 21.3. The molecule has 8 N–H and O–H groups in total. The van der Waals surface area contributed by atoms with Gasteiger partial charge < -0.3 is 35.6 Å². The normalized spacial score (nSPS) is 33.4. The quantitative estimate of drug-likeness (QED) is 0.153. The number of Topliss-reactive ketones (excluding diaryl/α,β-unsaturated/α-hetero) is 1. The number of phenols is 1. The summed E-state index contributed by atoms with van der Waals surface area (Å²) in [4.78, 5) is 19.4. The predicted octanol–water partition coefficient (Wildman–Crippen LogP) is 4.79. The summed E-state index contributed by atoms with van der Waals surface area (Å²) < 4.78 is 13.3. The number of fused-ring (bicyclic) bond motifs is 6. The van der Waals surface area contributed by atoms with E-state index in [0.29, 0.717) is 42.7 Å². The highest BCUT2D eigenvalue weighted by molar-refractivity contribution is 6.08. The van der Waals surface area contributed by atoms with Crippen molar-refractivity contribution in [1.82, 2.24) is 5.32 Å². The van der Waals surface area contributed by atoms with Crippen LogP contribution in [-0.2, 0) is 11.2 Å². The molecule has 63 heavy (non-hydrogen) atoms. The number of phenolic OH excluding ortho intramolecular Hbond substituents is 1. The van der Waals surface area contributed by atoms with Crippen LogP contribution in [0, 0.1) is 53.0 Å². The number of carbonyl (C=O) groups excluding carboxylic acids is 1. The number of quaternary nitrogens is 1. The van der Waals surface area contributed by atoms with Crippen molar-refractivity contribution in [3.8, 4) is 41.1 Å². The van der Waals surface area contributed by atoms with Crippen LogP contribution in [0.5, 0.6) is 17.2 Å². The van der Waals surface area contributed by atoms with E-state index in [0.717, 1.165) is 64.1 Å². The van der Waals surface area contributed by atoms with E-state index in [2.05, 4.69) is 53.6 Å². The predicted molar refractivity (Wildman–Crippen MR) is 236 cm³/mol. The average molecular weight is 850 g/mol. The molecule has 2 bridgehead atoms. The Morgan fingerprint density at radius 1 is 1.02 bits per heavy atom. The number of ketones is 1. The molecule has 2 fully saturated rings. The van der Waals surface area contributed by atoms with E-state index in [1.165, 1.54) is 37.3 Å². The van der Waals surface area contributed by atoms with Crippen molar-refractivity contribution >= 4 is 11.5 Å². The van der Waals surface area contributed by atoms with E-state index in [1.807, 2.05) is 24.4 Å². The summed E-state index contributed by atoms with van der Waals surface area (Å²) in [6.45, 7) is 1.27. The fourth-order valence-corrected chi connectivity index (χ4v) is 12.5. The number of ether oxygens (including phenoxy) is 2. The van der Waals surface area contributed by atoms with Gasteiger partial charge in [-0.15, -0.1) is 0 Å². The topological polar surface area (TPSA) is 171 Å².